The molecule has 1 amide bonds. The Hall–Kier alpha value is -2.22. The Bertz CT molecular complexity index is 775. The predicted molar refractivity (Wildman–Crippen MR) is 89.2 cm³/mol. The van der Waals surface area contributed by atoms with E-state index in [1.165, 1.54) is 12.1 Å². The van der Waals surface area contributed by atoms with Gasteiger partial charge in [-0.05, 0) is 25.5 Å². The van der Waals surface area contributed by atoms with Crippen molar-refractivity contribution in [1.29, 1.82) is 0 Å². The molecule has 8 heteroatoms. The van der Waals surface area contributed by atoms with E-state index in [1.807, 2.05) is 6.92 Å². The highest BCUT2D eigenvalue weighted by Gasteiger charge is 2.19. The van der Waals surface area contributed by atoms with Gasteiger partial charge in [0.25, 0.3) is 5.56 Å². The predicted octanol–water partition coefficient (Wildman–Crippen LogP) is 3.12. The van der Waals surface area contributed by atoms with Gasteiger partial charge in [0, 0.05) is 11.8 Å². The molecular weight excluding hydrogens is 336 g/mol. The van der Waals surface area contributed by atoms with Gasteiger partial charge in [-0.1, -0.05) is 31.2 Å². The monoisotopic (exact) mass is 353 g/mol. The highest BCUT2D eigenvalue weighted by Crippen LogP contribution is 2.23. The van der Waals surface area contributed by atoms with Crippen molar-refractivity contribution < 1.29 is 13.6 Å². The Labute approximate surface area is 141 Å². The van der Waals surface area contributed by atoms with Crippen LogP contribution in [0.5, 0.6) is 0 Å². The van der Waals surface area contributed by atoms with Crippen LogP contribution in [0.4, 0.5) is 14.5 Å². The van der Waals surface area contributed by atoms with Gasteiger partial charge in [-0.3, -0.25) is 9.59 Å². The van der Waals surface area contributed by atoms with Gasteiger partial charge in [-0.2, -0.15) is 0 Å². The molecule has 0 radical (unpaired) electrons. The van der Waals surface area contributed by atoms with Crippen LogP contribution in [0.25, 0.3) is 0 Å². The lowest BCUT2D eigenvalue weighted by Gasteiger charge is -2.12. The maximum Gasteiger partial charge on any atom is 0.251 e. The zero-order chi connectivity index (χ0) is 17.7. The SMILES string of the molecule is CCCc1cc(=O)[nH]c(SC(C)C(=O)Nc2c(F)cccc2F)n1. The quantitative estimate of drug-likeness (QED) is 0.618. The molecule has 1 unspecified atom stereocenters. The number of benzene rings is 1. The number of halogens is 2. The van der Waals surface area contributed by atoms with Crippen LogP contribution in [0, 0.1) is 11.6 Å². The first-order valence-corrected chi connectivity index (χ1v) is 8.30. The van der Waals surface area contributed by atoms with Gasteiger partial charge in [0.05, 0.1) is 5.25 Å². The fourth-order valence-corrected chi connectivity index (χ4v) is 2.82. The number of rotatable bonds is 6. The van der Waals surface area contributed by atoms with Gasteiger partial charge < -0.3 is 10.3 Å². The first-order valence-electron chi connectivity index (χ1n) is 7.42. The highest BCUT2D eigenvalue weighted by molar-refractivity contribution is 8.00. The van der Waals surface area contributed by atoms with E-state index in [4.69, 9.17) is 0 Å². The second-order valence-corrected chi connectivity index (χ2v) is 6.47. The molecule has 0 fully saturated rings. The van der Waals surface area contributed by atoms with Crippen molar-refractivity contribution in [1.82, 2.24) is 9.97 Å². The molecule has 1 atom stereocenters. The Balaban J connectivity index is 2.10. The van der Waals surface area contributed by atoms with Crippen LogP contribution in [0.1, 0.15) is 26.0 Å². The number of carbonyl (C=O) groups is 1. The molecular formula is C16H17F2N3O2S. The van der Waals surface area contributed by atoms with E-state index in [0.29, 0.717) is 17.3 Å². The van der Waals surface area contributed by atoms with Gasteiger partial charge in [-0.25, -0.2) is 13.8 Å². The molecule has 0 aliphatic heterocycles. The summed E-state index contributed by atoms with van der Waals surface area (Å²) in [6.07, 6.45) is 1.49. The van der Waals surface area contributed by atoms with Crippen LogP contribution in [0.2, 0.25) is 0 Å². The summed E-state index contributed by atoms with van der Waals surface area (Å²) in [7, 11) is 0. The minimum absolute atomic E-state index is 0.294. The van der Waals surface area contributed by atoms with E-state index < -0.39 is 28.5 Å². The Morgan fingerprint density at radius 1 is 1.38 bits per heavy atom. The van der Waals surface area contributed by atoms with Crippen LogP contribution >= 0.6 is 11.8 Å². The third-order valence-corrected chi connectivity index (χ3v) is 4.13. The van der Waals surface area contributed by atoms with E-state index in [9.17, 15) is 18.4 Å². The summed E-state index contributed by atoms with van der Waals surface area (Å²) < 4.78 is 27.1. The maximum atomic E-state index is 13.6. The van der Waals surface area contributed by atoms with Gasteiger partial charge in [0.15, 0.2) is 5.16 Å². The number of thioether (sulfide) groups is 1. The molecule has 128 valence electrons. The van der Waals surface area contributed by atoms with E-state index in [0.717, 1.165) is 30.3 Å². The van der Waals surface area contributed by atoms with E-state index >= 15 is 0 Å². The maximum absolute atomic E-state index is 13.6. The third-order valence-electron chi connectivity index (χ3n) is 3.15. The van der Waals surface area contributed by atoms with Crippen molar-refractivity contribution in [3.63, 3.8) is 0 Å². The van der Waals surface area contributed by atoms with Crippen LogP contribution < -0.4 is 10.9 Å². The molecule has 1 aromatic heterocycles. The lowest BCUT2D eigenvalue weighted by Crippen LogP contribution is -2.24. The Kier molecular flexibility index (Phi) is 6.08. The first-order chi connectivity index (χ1) is 11.4. The standard InChI is InChI=1S/C16H17F2N3O2S/c1-3-5-10-8-13(22)20-16(19-10)24-9(2)15(23)21-14-11(17)6-4-7-12(14)18/h4,6-9H,3,5H2,1-2H3,(H,21,23)(H,19,20,22). The number of nitrogens with zero attached hydrogens (tertiary/aromatic N) is 1. The number of hydrogen-bond donors (Lipinski definition) is 2. The zero-order valence-corrected chi connectivity index (χ0v) is 14.0. The van der Waals surface area contributed by atoms with Crippen molar-refractivity contribution in [2.24, 2.45) is 0 Å². The van der Waals surface area contributed by atoms with Crippen molar-refractivity contribution in [2.45, 2.75) is 37.1 Å². The van der Waals surface area contributed by atoms with Gasteiger partial charge >= 0.3 is 0 Å². The smallest absolute Gasteiger partial charge is 0.251 e. The number of H-pyrrole nitrogens is 1. The molecule has 0 aliphatic carbocycles. The number of amides is 1. The lowest BCUT2D eigenvalue weighted by molar-refractivity contribution is -0.115. The second kappa shape index (κ2) is 8.05. The summed E-state index contributed by atoms with van der Waals surface area (Å²) in [5.41, 5.74) is -0.156. The van der Waals surface area contributed by atoms with E-state index in [1.54, 1.807) is 6.92 Å². The molecule has 24 heavy (non-hydrogen) atoms. The summed E-state index contributed by atoms with van der Waals surface area (Å²) in [5, 5.41) is 1.81. The van der Waals surface area contributed by atoms with E-state index in [-0.39, 0.29) is 5.56 Å². The van der Waals surface area contributed by atoms with Gasteiger partial charge in [0.1, 0.15) is 17.3 Å². The third kappa shape index (κ3) is 4.64. The fraction of sp³-hybridized carbons (Fsp3) is 0.312. The summed E-state index contributed by atoms with van der Waals surface area (Å²) in [5.74, 6) is -2.29. The Morgan fingerprint density at radius 2 is 2.04 bits per heavy atom. The van der Waals surface area contributed by atoms with Crippen molar-refractivity contribution >= 4 is 23.4 Å². The number of anilines is 1. The van der Waals surface area contributed by atoms with Crippen LogP contribution in [-0.2, 0) is 11.2 Å². The largest absolute Gasteiger partial charge is 0.320 e. The molecule has 0 aliphatic rings. The number of para-hydroxylation sites is 1. The minimum Gasteiger partial charge on any atom is -0.320 e. The highest BCUT2D eigenvalue weighted by atomic mass is 32.2. The number of carbonyl (C=O) groups excluding carboxylic acids is 1. The van der Waals surface area contributed by atoms with Crippen molar-refractivity contribution in [3.05, 3.63) is 51.9 Å². The van der Waals surface area contributed by atoms with Gasteiger partial charge in [-0.15, -0.1) is 0 Å². The summed E-state index contributed by atoms with van der Waals surface area (Å²) in [4.78, 5) is 30.6. The molecule has 2 aromatic rings. The topological polar surface area (TPSA) is 74.8 Å². The van der Waals surface area contributed by atoms with Crippen molar-refractivity contribution in [2.75, 3.05) is 5.32 Å². The molecule has 0 spiro atoms. The molecule has 2 rings (SSSR count). The zero-order valence-electron chi connectivity index (χ0n) is 13.2. The molecule has 0 saturated carbocycles. The average molecular weight is 353 g/mol. The summed E-state index contributed by atoms with van der Waals surface area (Å²) in [6.45, 7) is 3.53. The second-order valence-electron chi connectivity index (χ2n) is 5.14. The van der Waals surface area contributed by atoms with Crippen LogP contribution in [0.15, 0.2) is 34.2 Å². The van der Waals surface area contributed by atoms with Crippen LogP contribution in [-0.4, -0.2) is 21.1 Å². The Morgan fingerprint density at radius 3 is 2.67 bits per heavy atom. The summed E-state index contributed by atoms with van der Waals surface area (Å²) in [6, 6.07) is 4.74. The minimum atomic E-state index is -0.850. The molecule has 1 heterocycles. The summed E-state index contributed by atoms with van der Waals surface area (Å²) >= 11 is 1.01. The number of aryl methyl sites for hydroxylation is 1. The molecule has 0 saturated heterocycles. The molecule has 5 nitrogen and oxygen atoms in total. The number of hydrogen-bond acceptors (Lipinski definition) is 4. The average Bonchev–Trinajstić information content (AvgIpc) is 2.50. The van der Waals surface area contributed by atoms with Crippen LogP contribution in [0.3, 0.4) is 0 Å². The fourth-order valence-electron chi connectivity index (χ4n) is 1.99. The molecule has 2 N–H and O–H groups in total. The first kappa shape index (κ1) is 18.1. The van der Waals surface area contributed by atoms with Gasteiger partial charge in [0.2, 0.25) is 5.91 Å². The number of aromatic amines is 1. The van der Waals surface area contributed by atoms with E-state index in [2.05, 4.69) is 15.3 Å². The molecule has 0 bridgehead atoms. The number of aromatic nitrogens is 2. The molecule has 1 aromatic carbocycles. The van der Waals surface area contributed by atoms with Crippen molar-refractivity contribution in [3.8, 4) is 0 Å². The number of nitrogens with one attached hydrogen (secondary N) is 2. The lowest BCUT2D eigenvalue weighted by atomic mass is 10.2. The normalized spacial score (nSPS) is 12.0.